The van der Waals surface area contributed by atoms with Crippen LogP contribution in [0, 0.1) is 6.92 Å². The normalized spacial score (nSPS) is 17.8. The molecule has 1 N–H and O–H groups in total. The lowest BCUT2D eigenvalue weighted by atomic mass is 10.2. The van der Waals surface area contributed by atoms with Gasteiger partial charge < -0.3 is 15.0 Å². The predicted octanol–water partition coefficient (Wildman–Crippen LogP) is 1.27. The third-order valence-electron chi connectivity index (χ3n) is 3.48. The summed E-state index contributed by atoms with van der Waals surface area (Å²) < 4.78 is 5.10. The monoisotopic (exact) mass is 286 g/mol. The van der Waals surface area contributed by atoms with Gasteiger partial charge in [-0.1, -0.05) is 0 Å². The van der Waals surface area contributed by atoms with Gasteiger partial charge in [0.1, 0.15) is 23.8 Å². The van der Waals surface area contributed by atoms with Gasteiger partial charge in [0.05, 0.1) is 7.11 Å². The van der Waals surface area contributed by atoms with Crippen molar-refractivity contribution < 1.29 is 4.74 Å². The quantitative estimate of drug-likeness (QED) is 0.907. The van der Waals surface area contributed by atoms with Crippen molar-refractivity contribution in [1.82, 2.24) is 19.9 Å². The SMILES string of the molecule is COc1cc(NC2CCN(c3ccnc(C)n3)C2)ncn1. The third kappa shape index (κ3) is 3.18. The number of nitrogens with one attached hydrogen (secondary N) is 1. The summed E-state index contributed by atoms with van der Waals surface area (Å²) in [5.41, 5.74) is 0. The zero-order chi connectivity index (χ0) is 14.7. The molecule has 0 amide bonds. The first kappa shape index (κ1) is 13.5. The maximum Gasteiger partial charge on any atom is 0.218 e. The number of aromatic nitrogens is 4. The second kappa shape index (κ2) is 5.90. The van der Waals surface area contributed by atoms with E-state index in [-0.39, 0.29) is 0 Å². The Morgan fingerprint density at radius 3 is 3.05 bits per heavy atom. The first-order chi connectivity index (χ1) is 10.2. The number of hydrogen-bond donors (Lipinski definition) is 1. The number of ether oxygens (including phenoxy) is 1. The van der Waals surface area contributed by atoms with Gasteiger partial charge in [0.25, 0.3) is 0 Å². The van der Waals surface area contributed by atoms with E-state index in [1.165, 1.54) is 6.33 Å². The summed E-state index contributed by atoms with van der Waals surface area (Å²) in [5.74, 6) is 3.12. The molecule has 1 fully saturated rings. The summed E-state index contributed by atoms with van der Waals surface area (Å²) in [6, 6.07) is 4.08. The van der Waals surface area contributed by atoms with Crippen LogP contribution in [0.1, 0.15) is 12.2 Å². The minimum Gasteiger partial charge on any atom is -0.481 e. The van der Waals surface area contributed by atoms with Crippen LogP contribution in [0.2, 0.25) is 0 Å². The van der Waals surface area contributed by atoms with Gasteiger partial charge in [-0.3, -0.25) is 0 Å². The highest BCUT2D eigenvalue weighted by atomic mass is 16.5. The van der Waals surface area contributed by atoms with Crippen LogP contribution in [-0.2, 0) is 0 Å². The van der Waals surface area contributed by atoms with Crippen molar-refractivity contribution in [1.29, 1.82) is 0 Å². The van der Waals surface area contributed by atoms with Gasteiger partial charge in [-0.25, -0.2) is 19.9 Å². The number of nitrogens with zero attached hydrogens (tertiary/aromatic N) is 5. The van der Waals surface area contributed by atoms with Gasteiger partial charge >= 0.3 is 0 Å². The van der Waals surface area contributed by atoms with E-state index >= 15 is 0 Å². The molecule has 1 saturated heterocycles. The standard InChI is InChI=1S/C14H18N6O/c1-10-15-5-3-13(18-10)20-6-4-11(8-20)19-12-7-14(21-2)17-9-16-12/h3,5,7,9,11H,4,6,8H2,1-2H3,(H,16,17,19). The van der Waals surface area contributed by atoms with Crippen LogP contribution in [0.25, 0.3) is 0 Å². The molecule has 0 saturated carbocycles. The third-order valence-corrected chi connectivity index (χ3v) is 3.48. The smallest absolute Gasteiger partial charge is 0.218 e. The van der Waals surface area contributed by atoms with E-state index in [9.17, 15) is 0 Å². The van der Waals surface area contributed by atoms with Crippen molar-refractivity contribution in [2.24, 2.45) is 0 Å². The Balaban J connectivity index is 1.64. The van der Waals surface area contributed by atoms with Crippen molar-refractivity contribution in [2.45, 2.75) is 19.4 Å². The summed E-state index contributed by atoms with van der Waals surface area (Å²) in [6.07, 6.45) is 4.34. The van der Waals surface area contributed by atoms with E-state index in [0.717, 1.165) is 37.0 Å². The Hall–Kier alpha value is -2.44. The Kier molecular flexibility index (Phi) is 3.81. The van der Waals surface area contributed by atoms with Crippen molar-refractivity contribution in [3.63, 3.8) is 0 Å². The Bertz CT molecular complexity index is 620. The molecule has 110 valence electrons. The molecule has 2 aromatic heterocycles. The molecule has 0 radical (unpaired) electrons. The molecular weight excluding hydrogens is 268 g/mol. The van der Waals surface area contributed by atoms with Crippen LogP contribution in [-0.4, -0.2) is 46.2 Å². The molecular formula is C14H18N6O. The minimum atomic E-state index is 0.333. The molecule has 0 bridgehead atoms. The van der Waals surface area contributed by atoms with E-state index in [1.807, 2.05) is 13.0 Å². The average Bonchev–Trinajstić information content (AvgIpc) is 2.96. The molecule has 1 atom stereocenters. The first-order valence-electron chi connectivity index (χ1n) is 6.92. The molecule has 7 nitrogen and oxygen atoms in total. The fraction of sp³-hybridized carbons (Fsp3) is 0.429. The Morgan fingerprint density at radius 2 is 2.24 bits per heavy atom. The summed E-state index contributed by atoms with van der Waals surface area (Å²) in [7, 11) is 1.60. The zero-order valence-corrected chi connectivity index (χ0v) is 12.2. The number of rotatable bonds is 4. The molecule has 3 heterocycles. The molecule has 1 unspecified atom stereocenters. The topological polar surface area (TPSA) is 76.1 Å². The minimum absolute atomic E-state index is 0.333. The van der Waals surface area contributed by atoms with Crippen LogP contribution in [0.3, 0.4) is 0 Å². The van der Waals surface area contributed by atoms with Crippen LogP contribution < -0.4 is 15.0 Å². The molecule has 3 rings (SSSR count). The molecule has 1 aliphatic rings. The number of methoxy groups -OCH3 is 1. The lowest BCUT2D eigenvalue weighted by Crippen LogP contribution is -2.27. The molecule has 0 aliphatic carbocycles. The number of hydrogen-bond acceptors (Lipinski definition) is 7. The second-order valence-corrected chi connectivity index (χ2v) is 4.98. The first-order valence-corrected chi connectivity index (χ1v) is 6.92. The van der Waals surface area contributed by atoms with Crippen molar-refractivity contribution in [3.05, 3.63) is 30.5 Å². The summed E-state index contributed by atoms with van der Waals surface area (Å²) in [6.45, 7) is 3.77. The van der Waals surface area contributed by atoms with E-state index in [1.54, 1.807) is 19.4 Å². The largest absolute Gasteiger partial charge is 0.481 e. The lowest BCUT2D eigenvalue weighted by Gasteiger charge is -2.18. The van der Waals surface area contributed by atoms with Gasteiger partial charge in [0.15, 0.2) is 0 Å². The summed E-state index contributed by atoms with van der Waals surface area (Å²) in [4.78, 5) is 19.1. The van der Waals surface area contributed by atoms with Crippen LogP contribution in [0.5, 0.6) is 5.88 Å². The molecule has 0 aromatic carbocycles. The van der Waals surface area contributed by atoms with Crippen LogP contribution in [0.4, 0.5) is 11.6 Å². The van der Waals surface area contributed by atoms with Gasteiger partial charge in [0, 0.05) is 31.4 Å². The Labute approximate surface area is 123 Å². The van der Waals surface area contributed by atoms with Gasteiger partial charge in [0.2, 0.25) is 5.88 Å². The van der Waals surface area contributed by atoms with Crippen molar-refractivity contribution in [2.75, 3.05) is 30.4 Å². The predicted molar refractivity (Wildman–Crippen MR) is 79.6 cm³/mol. The molecule has 7 heteroatoms. The van der Waals surface area contributed by atoms with Crippen molar-refractivity contribution >= 4 is 11.6 Å². The fourth-order valence-electron chi connectivity index (χ4n) is 2.45. The average molecular weight is 286 g/mol. The van der Waals surface area contributed by atoms with Crippen LogP contribution in [0.15, 0.2) is 24.7 Å². The highest BCUT2D eigenvalue weighted by Gasteiger charge is 2.23. The van der Waals surface area contributed by atoms with Crippen molar-refractivity contribution in [3.8, 4) is 5.88 Å². The van der Waals surface area contributed by atoms with Gasteiger partial charge in [-0.15, -0.1) is 0 Å². The van der Waals surface area contributed by atoms with Gasteiger partial charge in [-0.05, 0) is 19.4 Å². The van der Waals surface area contributed by atoms with Gasteiger partial charge in [-0.2, -0.15) is 0 Å². The van der Waals surface area contributed by atoms with E-state index in [2.05, 4.69) is 30.2 Å². The van der Waals surface area contributed by atoms with E-state index < -0.39 is 0 Å². The number of aryl methyl sites for hydroxylation is 1. The molecule has 1 aliphatic heterocycles. The summed E-state index contributed by atoms with van der Waals surface area (Å²) in [5, 5.41) is 3.41. The summed E-state index contributed by atoms with van der Waals surface area (Å²) >= 11 is 0. The highest BCUT2D eigenvalue weighted by molar-refractivity contribution is 5.43. The van der Waals surface area contributed by atoms with E-state index in [0.29, 0.717) is 11.9 Å². The Morgan fingerprint density at radius 1 is 1.33 bits per heavy atom. The second-order valence-electron chi connectivity index (χ2n) is 4.98. The number of anilines is 2. The van der Waals surface area contributed by atoms with Crippen LogP contribution >= 0.6 is 0 Å². The maximum atomic E-state index is 5.10. The molecule has 0 spiro atoms. The molecule has 21 heavy (non-hydrogen) atoms. The fourth-order valence-corrected chi connectivity index (χ4v) is 2.45. The highest BCUT2D eigenvalue weighted by Crippen LogP contribution is 2.20. The maximum absolute atomic E-state index is 5.10. The lowest BCUT2D eigenvalue weighted by molar-refractivity contribution is 0.397. The zero-order valence-electron chi connectivity index (χ0n) is 12.2. The van der Waals surface area contributed by atoms with E-state index in [4.69, 9.17) is 4.74 Å². The molecule has 2 aromatic rings.